The Hall–Kier alpha value is -1.11. The van der Waals surface area contributed by atoms with Crippen LogP contribution in [-0.4, -0.2) is 45.4 Å². The summed E-state index contributed by atoms with van der Waals surface area (Å²) in [5.74, 6) is 1.38. The van der Waals surface area contributed by atoms with Gasteiger partial charge < -0.3 is 4.74 Å². The van der Waals surface area contributed by atoms with Gasteiger partial charge in [0.2, 0.25) is 0 Å². The number of hydrogen-bond acceptors (Lipinski definition) is 5. The second kappa shape index (κ2) is 7.44. The highest BCUT2D eigenvalue weighted by Gasteiger charge is 2.26. The maximum atomic E-state index is 11.2. The van der Waals surface area contributed by atoms with Crippen molar-refractivity contribution in [2.75, 3.05) is 26.0 Å². The molecule has 0 saturated carbocycles. The van der Waals surface area contributed by atoms with Gasteiger partial charge in [0.15, 0.2) is 0 Å². The second-order valence-corrected chi connectivity index (χ2v) is 7.90. The Kier molecular flexibility index (Phi) is 5.83. The SMILES string of the molecule is CC(C)COc1cccc(CN2CCC(OS(C)(=O)=O)C2)c1. The normalized spacial score (nSPS) is 19.7. The van der Waals surface area contributed by atoms with Crippen LogP contribution in [0.1, 0.15) is 25.8 Å². The second-order valence-electron chi connectivity index (χ2n) is 6.30. The molecule has 0 radical (unpaired) electrons. The minimum absolute atomic E-state index is 0.227. The molecular weight excluding hydrogens is 302 g/mol. The molecule has 22 heavy (non-hydrogen) atoms. The van der Waals surface area contributed by atoms with Crippen LogP contribution in [0.25, 0.3) is 0 Å². The minimum Gasteiger partial charge on any atom is -0.493 e. The van der Waals surface area contributed by atoms with Crippen molar-refractivity contribution in [3.8, 4) is 5.75 Å². The number of rotatable bonds is 7. The fraction of sp³-hybridized carbons (Fsp3) is 0.625. The lowest BCUT2D eigenvalue weighted by atomic mass is 10.2. The lowest BCUT2D eigenvalue weighted by Gasteiger charge is -2.16. The van der Waals surface area contributed by atoms with Crippen molar-refractivity contribution in [1.29, 1.82) is 0 Å². The van der Waals surface area contributed by atoms with Gasteiger partial charge in [0.05, 0.1) is 19.0 Å². The molecule has 1 aliphatic rings. The molecule has 1 aliphatic heterocycles. The van der Waals surface area contributed by atoms with Gasteiger partial charge >= 0.3 is 0 Å². The van der Waals surface area contributed by atoms with E-state index in [1.165, 1.54) is 5.56 Å². The van der Waals surface area contributed by atoms with Crippen LogP contribution in [0.2, 0.25) is 0 Å². The number of ether oxygens (including phenoxy) is 1. The quantitative estimate of drug-likeness (QED) is 0.719. The molecule has 0 aliphatic carbocycles. The lowest BCUT2D eigenvalue weighted by molar-refractivity contribution is 0.206. The van der Waals surface area contributed by atoms with E-state index < -0.39 is 10.1 Å². The van der Waals surface area contributed by atoms with Crippen LogP contribution >= 0.6 is 0 Å². The van der Waals surface area contributed by atoms with Gasteiger partial charge in [-0.3, -0.25) is 9.08 Å². The zero-order chi connectivity index (χ0) is 16.2. The van der Waals surface area contributed by atoms with E-state index in [1.807, 2.05) is 18.2 Å². The van der Waals surface area contributed by atoms with Crippen molar-refractivity contribution in [2.24, 2.45) is 5.92 Å². The van der Waals surface area contributed by atoms with Gasteiger partial charge in [-0.15, -0.1) is 0 Å². The van der Waals surface area contributed by atoms with E-state index in [-0.39, 0.29) is 6.10 Å². The first-order valence-electron chi connectivity index (χ1n) is 7.64. The van der Waals surface area contributed by atoms with Crippen molar-refractivity contribution < 1.29 is 17.3 Å². The van der Waals surface area contributed by atoms with Gasteiger partial charge in [-0.25, -0.2) is 0 Å². The fourth-order valence-corrected chi connectivity index (χ4v) is 3.17. The molecule has 1 unspecified atom stereocenters. The van der Waals surface area contributed by atoms with Gasteiger partial charge in [0.25, 0.3) is 10.1 Å². The van der Waals surface area contributed by atoms with E-state index in [9.17, 15) is 8.42 Å². The third kappa shape index (κ3) is 5.94. The topological polar surface area (TPSA) is 55.8 Å². The Labute approximate surface area is 133 Å². The molecule has 1 aromatic rings. The Morgan fingerprint density at radius 1 is 1.36 bits per heavy atom. The van der Waals surface area contributed by atoms with Crippen molar-refractivity contribution in [1.82, 2.24) is 4.90 Å². The third-order valence-corrected chi connectivity index (χ3v) is 4.05. The summed E-state index contributed by atoms with van der Waals surface area (Å²) in [4.78, 5) is 2.21. The molecular formula is C16H25NO4S. The molecule has 1 fully saturated rings. The fourth-order valence-electron chi connectivity index (χ4n) is 2.52. The molecule has 0 N–H and O–H groups in total. The van der Waals surface area contributed by atoms with E-state index in [0.717, 1.165) is 31.5 Å². The maximum absolute atomic E-state index is 11.2. The molecule has 1 heterocycles. The molecule has 124 valence electrons. The number of likely N-dealkylation sites (tertiary alicyclic amines) is 1. The Morgan fingerprint density at radius 2 is 2.14 bits per heavy atom. The lowest BCUT2D eigenvalue weighted by Crippen LogP contribution is -2.24. The predicted molar refractivity (Wildman–Crippen MR) is 86.4 cm³/mol. The van der Waals surface area contributed by atoms with Crippen LogP contribution < -0.4 is 4.74 Å². The Balaban J connectivity index is 1.88. The van der Waals surface area contributed by atoms with E-state index in [0.29, 0.717) is 19.1 Å². The van der Waals surface area contributed by atoms with Crippen molar-refractivity contribution in [2.45, 2.75) is 32.9 Å². The van der Waals surface area contributed by atoms with Gasteiger partial charge in [0, 0.05) is 19.6 Å². The summed E-state index contributed by atoms with van der Waals surface area (Å²) in [6, 6.07) is 8.07. The van der Waals surface area contributed by atoms with E-state index in [4.69, 9.17) is 8.92 Å². The van der Waals surface area contributed by atoms with Crippen molar-refractivity contribution in [3.63, 3.8) is 0 Å². The average Bonchev–Trinajstić information content (AvgIpc) is 2.81. The van der Waals surface area contributed by atoms with E-state index in [2.05, 4.69) is 24.8 Å². The highest BCUT2D eigenvalue weighted by atomic mass is 32.2. The molecule has 0 spiro atoms. The number of benzene rings is 1. The average molecular weight is 327 g/mol. The molecule has 0 amide bonds. The summed E-state index contributed by atoms with van der Waals surface area (Å²) in [5, 5.41) is 0. The molecule has 6 heteroatoms. The van der Waals surface area contributed by atoms with Crippen molar-refractivity contribution in [3.05, 3.63) is 29.8 Å². The summed E-state index contributed by atoms with van der Waals surface area (Å²) in [6.45, 7) is 7.22. The molecule has 0 aromatic heterocycles. The largest absolute Gasteiger partial charge is 0.493 e. The minimum atomic E-state index is -3.37. The summed E-state index contributed by atoms with van der Waals surface area (Å²) in [7, 11) is -3.37. The van der Waals surface area contributed by atoms with Gasteiger partial charge in [0.1, 0.15) is 5.75 Å². The smallest absolute Gasteiger partial charge is 0.264 e. The van der Waals surface area contributed by atoms with Crippen LogP contribution in [0.5, 0.6) is 5.75 Å². The predicted octanol–water partition coefficient (Wildman–Crippen LogP) is 2.27. The molecule has 5 nitrogen and oxygen atoms in total. The highest BCUT2D eigenvalue weighted by Crippen LogP contribution is 2.20. The standard InChI is InChI=1S/C16H25NO4S/c1-13(2)12-20-15-6-4-5-14(9-15)10-17-8-7-16(11-17)21-22(3,18)19/h4-6,9,13,16H,7-8,10-12H2,1-3H3. The zero-order valence-electron chi connectivity index (χ0n) is 13.5. The third-order valence-electron chi connectivity index (χ3n) is 3.43. The molecule has 0 bridgehead atoms. The molecule has 2 rings (SSSR count). The van der Waals surface area contributed by atoms with Crippen LogP contribution in [0.15, 0.2) is 24.3 Å². The van der Waals surface area contributed by atoms with Crippen molar-refractivity contribution >= 4 is 10.1 Å². The first-order chi connectivity index (χ1) is 10.3. The monoisotopic (exact) mass is 327 g/mol. The zero-order valence-corrected chi connectivity index (χ0v) is 14.3. The van der Waals surface area contributed by atoms with E-state index >= 15 is 0 Å². The van der Waals surface area contributed by atoms with Gasteiger partial charge in [-0.05, 0) is 30.0 Å². The first-order valence-corrected chi connectivity index (χ1v) is 9.46. The van der Waals surface area contributed by atoms with Crippen LogP contribution in [-0.2, 0) is 20.8 Å². The van der Waals surface area contributed by atoms with E-state index in [1.54, 1.807) is 0 Å². The molecule has 1 saturated heterocycles. The first kappa shape index (κ1) is 17.2. The summed E-state index contributed by atoms with van der Waals surface area (Å²) in [5.41, 5.74) is 1.17. The maximum Gasteiger partial charge on any atom is 0.264 e. The summed E-state index contributed by atoms with van der Waals surface area (Å²) < 4.78 is 33.1. The summed E-state index contributed by atoms with van der Waals surface area (Å²) >= 11 is 0. The van der Waals surface area contributed by atoms with Crippen LogP contribution in [0.3, 0.4) is 0 Å². The molecule has 1 atom stereocenters. The number of hydrogen-bond donors (Lipinski definition) is 0. The van der Waals surface area contributed by atoms with Crippen LogP contribution in [0, 0.1) is 5.92 Å². The van der Waals surface area contributed by atoms with Gasteiger partial charge in [-0.2, -0.15) is 8.42 Å². The Bertz CT molecular complexity index is 586. The highest BCUT2D eigenvalue weighted by molar-refractivity contribution is 7.86. The molecule has 1 aromatic carbocycles. The number of nitrogens with zero attached hydrogens (tertiary/aromatic N) is 1. The van der Waals surface area contributed by atoms with Crippen LogP contribution in [0.4, 0.5) is 0 Å². The summed E-state index contributed by atoms with van der Waals surface area (Å²) in [6.07, 6.45) is 1.62. The Morgan fingerprint density at radius 3 is 2.82 bits per heavy atom. The van der Waals surface area contributed by atoms with Gasteiger partial charge in [-0.1, -0.05) is 26.0 Å².